The first-order valence-electron chi connectivity index (χ1n) is 11.5. The number of halogens is 4. The maximum Gasteiger partial charge on any atom is 0.421 e. The molecule has 2 aromatic rings. The maximum absolute atomic E-state index is 13.7. The van der Waals surface area contributed by atoms with Gasteiger partial charge in [0.25, 0.3) is 10.0 Å². The Morgan fingerprint density at radius 2 is 1.65 bits per heavy atom. The Morgan fingerprint density at radius 3 is 2.22 bits per heavy atom. The van der Waals surface area contributed by atoms with Gasteiger partial charge in [0.15, 0.2) is 5.60 Å². The van der Waals surface area contributed by atoms with Gasteiger partial charge in [0.1, 0.15) is 5.82 Å². The molecule has 0 radical (unpaired) electrons. The van der Waals surface area contributed by atoms with Gasteiger partial charge < -0.3 is 20.2 Å². The van der Waals surface area contributed by atoms with Crippen molar-refractivity contribution in [2.75, 3.05) is 17.4 Å². The summed E-state index contributed by atoms with van der Waals surface area (Å²) < 4.78 is 82.1. The van der Waals surface area contributed by atoms with E-state index in [0.717, 1.165) is 46.8 Å². The zero-order valence-electron chi connectivity index (χ0n) is 19.7. The van der Waals surface area contributed by atoms with Gasteiger partial charge in [-0.3, -0.25) is 9.10 Å². The van der Waals surface area contributed by atoms with Crippen LogP contribution in [0.5, 0.6) is 0 Å². The van der Waals surface area contributed by atoms with Crippen molar-refractivity contribution in [2.24, 2.45) is 0 Å². The van der Waals surface area contributed by atoms with Crippen LogP contribution in [0.2, 0.25) is 0 Å². The minimum absolute atomic E-state index is 0.0385. The molecule has 0 bridgehead atoms. The highest BCUT2D eigenvalue weighted by Gasteiger charge is 2.51. The van der Waals surface area contributed by atoms with Gasteiger partial charge in [-0.25, -0.2) is 12.8 Å². The second kappa shape index (κ2) is 9.53. The van der Waals surface area contributed by atoms with Gasteiger partial charge >= 0.3 is 6.18 Å². The first-order chi connectivity index (χ1) is 17.1. The number of carbonyl (C=O) groups excluding carboxylic acids is 1. The summed E-state index contributed by atoms with van der Waals surface area (Å²) in [4.78, 5) is 13.9. The quantitative estimate of drug-likeness (QED) is 0.495. The van der Waals surface area contributed by atoms with E-state index >= 15 is 0 Å². The van der Waals surface area contributed by atoms with Crippen molar-refractivity contribution in [3.05, 3.63) is 59.4 Å². The molecule has 1 fully saturated rings. The number of anilines is 1. The number of aliphatic hydroxyl groups excluding tert-OH is 2. The molecular formula is C24H26F4N2O6S. The Morgan fingerprint density at radius 1 is 1.05 bits per heavy atom. The first-order valence-corrected chi connectivity index (χ1v) is 12.9. The lowest BCUT2D eigenvalue weighted by atomic mass is 9.89. The number of β-amino-alcohol motifs (C(OH)–C–C–N with tert-alkyl or cyclic N) is 2. The van der Waals surface area contributed by atoms with Crippen LogP contribution in [0.15, 0.2) is 47.4 Å². The van der Waals surface area contributed by atoms with Crippen LogP contribution in [0.3, 0.4) is 0 Å². The summed E-state index contributed by atoms with van der Waals surface area (Å²) in [6.45, 7) is 0.360. The largest absolute Gasteiger partial charge is 0.421 e. The highest BCUT2D eigenvalue weighted by Crippen LogP contribution is 2.43. The molecule has 0 spiro atoms. The normalized spacial score (nSPS) is 24.1. The number of nitrogens with zero attached hydrogens (tertiary/aromatic N) is 2. The summed E-state index contributed by atoms with van der Waals surface area (Å²) in [7, 11) is -4.40. The van der Waals surface area contributed by atoms with Crippen LogP contribution in [0.4, 0.5) is 23.2 Å². The molecule has 2 aliphatic rings. The fourth-order valence-electron chi connectivity index (χ4n) is 4.64. The summed E-state index contributed by atoms with van der Waals surface area (Å²) in [5.74, 6) is -1.19. The third-order valence-electron chi connectivity index (χ3n) is 6.90. The summed E-state index contributed by atoms with van der Waals surface area (Å²) >= 11 is 0. The number of fused-ring (bicyclic) bond motifs is 1. The molecule has 1 amide bonds. The summed E-state index contributed by atoms with van der Waals surface area (Å²) in [5, 5.41) is 29.7. The molecule has 4 rings (SSSR count). The fourth-order valence-corrected chi connectivity index (χ4v) is 6.35. The lowest BCUT2D eigenvalue weighted by Gasteiger charge is -2.39. The molecule has 0 saturated carbocycles. The van der Waals surface area contributed by atoms with Gasteiger partial charge in [-0.15, -0.1) is 0 Å². The van der Waals surface area contributed by atoms with E-state index in [-0.39, 0.29) is 48.5 Å². The second-order valence-corrected chi connectivity index (χ2v) is 11.3. The molecule has 2 aliphatic heterocycles. The first kappa shape index (κ1) is 27.3. The zero-order chi connectivity index (χ0) is 27.3. The third-order valence-corrected chi connectivity index (χ3v) is 8.78. The average Bonchev–Trinajstić information content (AvgIpc) is 3.16. The van der Waals surface area contributed by atoms with Crippen molar-refractivity contribution < 1.29 is 46.1 Å². The van der Waals surface area contributed by atoms with Crippen LogP contribution < -0.4 is 4.31 Å². The molecule has 4 atom stereocenters. The van der Waals surface area contributed by atoms with Gasteiger partial charge in [0.05, 0.1) is 28.8 Å². The number of benzene rings is 2. The monoisotopic (exact) mass is 546 g/mol. The minimum atomic E-state index is -4.98. The number of alkyl halides is 3. The van der Waals surface area contributed by atoms with Crippen molar-refractivity contribution in [3.8, 4) is 0 Å². The van der Waals surface area contributed by atoms with E-state index < -0.39 is 57.3 Å². The van der Waals surface area contributed by atoms with Gasteiger partial charge in [-0.2, -0.15) is 13.2 Å². The van der Waals surface area contributed by atoms with E-state index in [0.29, 0.717) is 6.92 Å². The molecule has 1 saturated heterocycles. The van der Waals surface area contributed by atoms with E-state index in [1.54, 1.807) is 0 Å². The zero-order valence-corrected chi connectivity index (χ0v) is 20.5. The fraction of sp³-hybridized carbons (Fsp3) is 0.458. The van der Waals surface area contributed by atoms with Gasteiger partial charge in [-0.1, -0.05) is 12.1 Å². The van der Waals surface area contributed by atoms with Crippen molar-refractivity contribution >= 4 is 21.6 Å². The van der Waals surface area contributed by atoms with E-state index in [1.165, 1.54) is 4.90 Å². The van der Waals surface area contributed by atoms with Crippen LogP contribution in [-0.2, 0) is 26.8 Å². The van der Waals surface area contributed by atoms with Crippen molar-refractivity contribution in [1.82, 2.24) is 4.90 Å². The molecule has 0 aliphatic carbocycles. The van der Waals surface area contributed by atoms with Crippen molar-refractivity contribution in [3.63, 3.8) is 0 Å². The summed E-state index contributed by atoms with van der Waals surface area (Å²) in [5.41, 5.74) is -3.38. The molecule has 13 heteroatoms. The number of hydrogen-bond donors (Lipinski definition) is 3. The third kappa shape index (κ3) is 5.05. The van der Waals surface area contributed by atoms with Crippen molar-refractivity contribution in [1.29, 1.82) is 0 Å². The van der Waals surface area contributed by atoms with E-state index in [2.05, 4.69) is 0 Å². The number of aryl methyl sites for hydroxylation is 1. The lowest BCUT2D eigenvalue weighted by Crippen LogP contribution is -2.47. The number of amides is 1. The molecule has 1 unspecified atom stereocenters. The molecule has 0 aromatic heterocycles. The Labute approximate surface area is 210 Å². The lowest BCUT2D eigenvalue weighted by molar-refractivity contribution is -0.258. The van der Waals surface area contributed by atoms with Gasteiger partial charge in [-0.05, 0) is 61.2 Å². The Kier molecular flexibility index (Phi) is 7.03. The van der Waals surface area contributed by atoms with Crippen LogP contribution in [0, 0.1) is 5.82 Å². The van der Waals surface area contributed by atoms with Crippen LogP contribution in [0.25, 0.3) is 0 Å². The summed E-state index contributed by atoms with van der Waals surface area (Å²) in [6, 6.07) is 6.30. The average molecular weight is 547 g/mol. The Hall–Kier alpha value is -2.74. The van der Waals surface area contributed by atoms with Crippen LogP contribution in [-0.4, -0.2) is 72.1 Å². The van der Waals surface area contributed by atoms with Gasteiger partial charge in [0, 0.05) is 19.5 Å². The SMILES string of the molecule is CC(O)(c1ccc2c(c1)CC[C@@H](CC(=O)N1C[C@@H](O)[C@@H](O)C1)N2S(=O)(=O)c1ccc(F)cc1)C(F)(F)F. The number of likely N-dealkylation sites (tertiary alicyclic amines) is 1. The number of sulfonamides is 1. The topological polar surface area (TPSA) is 118 Å². The van der Waals surface area contributed by atoms with Crippen LogP contribution in [0.1, 0.15) is 30.9 Å². The number of hydrogen-bond acceptors (Lipinski definition) is 6. The van der Waals surface area contributed by atoms with E-state index in [1.807, 2.05) is 0 Å². The highest BCUT2D eigenvalue weighted by molar-refractivity contribution is 7.92. The maximum atomic E-state index is 13.7. The smallest absolute Gasteiger partial charge is 0.388 e. The molecular weight excluding hydrogens is 520 g/mol. The molecule has 202 valence electrons. The molecule has 37 heavy (non-hydrogen) atoms. The summed E-state index contributed by atoms with van der Waals surface area (Å²) in [6.07, 6.45) is -7.37. The molecule has 2 heterocycles. The number of carbonyl (C=O) groups is 1. The van der Waals surface area contributed by atoms with Crippen LogP contribution >= 0.6 is 0 Å². The van der Waals surface area contributed by atoms with Crippen molar-refractivity contribution in [2.45, 2.75) is 61.1 Å². The Balaban J connectivity index is 1.75. The molecule has 2 aromatic carbocycles. The number of rotatable bonds is 5. The van der Waals surface area contributed by atoms with E-state index in [4.69, 9.17) is 0 Å². The van der Waals surface area contributed by atoms with Gasteiger partial charge in [0.2, 0.25) is 5.91 Å². The molecule has 3 N–H and O–H groups in total. The minimum Gasteiger partial charge on any atom is -0.388 e. The predicted octanol–water partition coefficient (Wildman–Crippen LogP) is 2.06. The standard InChI is InChI=1S/C24H26F4N2O6S/c1-23(34,24(26,27)28)15-3-9-19-14(10-15)2-6-17(11-22(33)29-12-20(31)21(32)13-29)30(19)37(35,36)18-7-4-16(25)5-8-18/h3-5,7-10,17,20-21,31-32,34H,2,6,11-13H2,1H3/t17-,20-,21+,23?/m0/s1. The number of aliphatic hydroxyl groups is 3. The highest BCUT2D eigenvalue weighted by atomic mass is 32.2. The van der Waals surface area contributed by atoms with E-state index in [9.17, 15) is 46.1 Å². The second-order valence-electron chi connectivity index (χ2n) is 9.50. The molecule has 8 nitrogen and oxygen atoms in total. The predicted molar refractivity (Wildman–Crippen MR) is 123 cm³/mol. The Bertz CT molecular complexity index is 1270.